The van der Waals surface area contributed by atoms with Gasteiger partial charge in [-0.05, 0) is 72.9 Å². The van der Waals surface area contributed by atoms with Gasteiger partial charge in [-0.2, -0.15) is 0 Å². The van der Waals surface area contributed by atoms with E-state index < -0.39 is 0 Å². The number of fused-ring (bicyclic) bond motifs is 5. The number of hydrogen-bond donors (Lipinski definition) is 0. The Morgan fingerprint density at radius 3 is 1.86 bits per heavy atom. The Bertz CT molecular complexity index is 2000. The van der Waals surface area contributed by atoms with E-state index in [0.29, 0.717) is 0 Å². The van der Waals surface area contributed by atoms with Crippen molar-refractivity contribution in [2.45, 2.75) is 0 Å². The molecule has 7 aromatic rings. The molecule has 8 rings (SSSR count). The number of benzene rings is 7. The Labute approximate surface area is 215 Å². The summed E-state index contributed by atoms with van der Waals surface area (Å²) in [5.74, 6) is 1.84. The number of para-hydroxylation sites is 1. The molecule has 0 fully saturated rings. The zero-order chi connectivity index (χ0) is 24.3. The fourth-order valence-electron chi connectivity index (χ4n) is 5.95. The standard InChI is InChI=1S/C36H22O/c1-2-9-26-25(8-1)22-33(29-11-4-3-10-28(26)29)24-18-16-23(17-19-24)27-20-21-35-36-31(27)13-7-14-32(36)30-12-5-6-15-34(30)37-35/h1-22H. The molecule has 1 aliphatic heterocycles. The van der Waals surface area contributed by atoms with Crippen LogP contribution in [0.1, 0.15) is 0 Å². The van der Waals surface area contributed by atoms with E-state index >= 15 is 0 Å². The van der Waals surface area contributed by atoms with Crippen LogP contribution in [0.4, 0.5) is 0 Å². The van der Waals surface area contributed by atoms with Crippen LogP contribution in [0.25, 0.3) is 65.7 Å². The Balaban J connectivity index is 1.29. The van der Waals surface area contributed by atoms with Crippen LogP contribution in [0.3, 0.4) is 0 Å². The molecule has 0 atom stereocenters. The molecule has 0 aliphatic carbocycles. The fourth-order valence-corrected chi connectivity index (χ4v) is 5.95. The molecule has 37 heavy (non-hydrogen) atoms. The van der Waals surface area contributed by atoms with Gasteiger partial charge in [-0.25, -0.2) is 0 Å². The molecule has 0 amide bonds. The summed E-state index contributed by atoms with van der Waals surface area (Å²) in [4.78, 5) is 0. The first-order valence-electron chi connectivity index (χ1n) is 12.7. The van der Waals surface area contributed by atoms with Crippen LogP contribution in [0.5, 0.6) is 11.5 Å². The van der Waals surface area contributed by atoms with Gasteiger partial charge in [0.05, 0.1) is 0 Å². The first-order valence-corrected chi connectivity index (χ1v) is 12.7. The highest BCUT2D eigenvalue weighted by molar-refractivity contribution is 6.14. The van der Waals surface area contributed by atoms with Crippen LogP contribution >= 0.6 is 0 Å². The lowest BCUT2D eigenvalue weighted by Gasteiger charge is -2.22. The molecule has 0 saturated heterocycles. The van der Waals surface area contributed by atoms with Crippen LogP contribution in [0.15, 0.2) is 133 Å². The van der Waals surface area contributed by atoms with Gasteiger partial charge in [0, 0.05) is 10.9 Å². The third kappa shape index (κ3) is 3.04. The lowest BCUT2D eigenvalue weighted by atomic mass is 9.89. The summed E-state index contributed by atoms with van der Waals surface area (Å²) < 4.78 is 6.29. The third-order valence-corrected chi connectivity index (χ3v) is 7.67. The van der Waals surface area contributed by atoms with Crippen molar-refractivity contribution in [3.63, 3.8) is 0 Å². The Morgan fingerprint density at radius 2 is 1.00 bits per heavy atom. The highest BCUT2D eigenvalue weighted by Gasteiger charge is 2.21. The summed E-state index contributed by atoms with van der Waals surface area (Å²) >= 11 is 0. The summed E-state index contributed by atoms with van der Waals surface area (Å²) in [5.41, 5.74) is 7.30. The topological polar surface area (TPSA) is 9.23 Å². The maximum absolute atomic E-state index is 6.29. The van der Waals surface area contributed by atoms with Gasteiger partial charge in [0.2, 0.25) is 0 Å². The van der Waals surface area contributed by atoms with E-state index in [0.717, 1.165) is 17.1 Å². The molecular formula is C36H22O. The van der Waals surface area contributed by atoms with Gasteiger partial charge in [-0.15, -0.1) is 0 Å². The zero-order valence-corrected chi connectivity index (χ0v) is 20.1. The van der Waals surface area contributed by atoms with Crippen molar-refractivity contribution in [2.24, 2.45) is 0 Å². The first-order chi connectivity index (χ1) is 18.3. The molecule has 0 saturated carbocycles. The van der Waals surface area contributed by atoms with E-state index in [1.54, 1.807) is 0 Å². The average Bonchev–Trinajstić information content (AvgIpc) is 2.97. The van der Waals surface area contributed by atoms with E-state index in [-0.39, 0.29) is 0 Å². The van der Waals surface area contributed by atoms with Crippen molar-refractivity contribution in [1.82, 2.24) is 0 Å². The summed E-state index contributed by atoms with van der Waals surface area (Å²) in [5, 5.41) is 7.54. The summed E-state index contributed by atoms with van der Waals surface area (Å²) in [7, 11) is 0. The van der Waals surface area contributed by atoms with Gasteiger partial charge in [0.25, 0.3) is 0 Å². The van der Waals surface area contributed by atoms with Crippen molar-refractivity contribution >= 4 is 32.3 Å². The summed E-state index contributed by atoms with van der Waals surface area (Å²) in [6, 6.07) is 47.9. The molecule has 1 aliphatic rings. The lowest BCUT2D eigenvalue weighted by Crippen LogP contribution is -1.97. The van der Waals surface area contributed by atoms with Gasteiger partial charge in [0.15, 0.2) is 0 Å². The first kappa shape index (κ1) is 20.3. The highest BCUT2D eigenvalue weighted by atomic mass is 16.5. The van der Waals surface area contributed by atoms with Crippen molar-refractivity contribution in [2.75, 3.05) is 0 Å². The molecule has 1 nitrogen and oxygen atoms in total. The minimum absolute atomic E-state index is 0.919. The minimum atomic E-state index is 0.919. The Morgan fingerprint density at radius 1 is 0.351 bits per heavy atom. The van der Waals surface area contributed by atoms with E-state index in [1.807, 2.05) is 12.1 Å². The van der Waals surface area contributed by atoms with E-state index in [2.05, 4.69) is 121 Å². The van der Waals surface area contributed by atoms with Gasteiger partial charge in [-0.1, -0.05) is 115 Å². The summed E-state index contributed by atoms with van der Waals surface area (Å²) in [6.45, 7) is 0. The molecule has 172 valence electrons. The molecule has 0 aromatic heterocycles. The predicted octanol–water partition coefficient (Wildman–Crippen LogP) is 10.3. The summed E-state index contributed by atoms with van der Waals surface area (Å²) in [6.07, 6.45) is 0. The largest absolute Gasteiger partial charge is 0.456 e. The van der Waals surface area contributed by atoms with Gasteiger partial charge < -0.3 is 4.74 Å². The van der Waals surface area contributed by atoms with Crippen LogP contribution in [0, 0.1) is 0 Å². The number of ether oxygens (including phenoxy) is 1. The second-order valence-corrected chi connectivity index (χ2v) is 9.71. The molecule has 7 aromatic carbocycles. The second kappa shape index (κ2) is 7.81. The molecule has 0 N–H and O–H groups in total. The quantitative estimate of drug-likeness (QED) is 0.228. The van der Waals surface area contributed by atoms with E-state index in [1.165, 1.54) is 60.1 Å². The van der Waals surface area contributed by atoms with Gasteiger partial charge >= 0.3 is 0 Å². The van der Waals surface area contributed by atoms with Crippen LogP contribution in [-0.2, 0) is 0 Å². The molecule has 1 heterocycles. The van der Waals surface area contributed by atoms with Crippen molar-refractivity contribution in [3.05, 3.63) is 133 Å². The van der Waals surface area contributed by atoms with Crippen molar-refractivity contribution < 1.29 is 4.74 Å². The van der Waals surface area contributed by atoms with E-state index in [9.17, 15) is 0 Å². The smallest absolute Gasteiger partial charge is 0.135 e. The van der Waals surface area contributed by atoms with Gasteiger partial charge in [-0.3, -0.25) is 0 Å². The third-order valence-electron chi connectivity index (χ3n) is 7.67. The van der Waals surface area contributed by atoms with Crippen molar-refractivity contribution in [1.29, 1.82) is 0 Å². The maximum Gasteiger partial charge on any atom is 0.135 e. The highest BCUT2D eigenvalue weighted by Crippen LogP contribution is 2.48. The zero-order valence-electron chi connectivity index (χ0n) is 20.1. The SMILES string of the molecule is c1ccc2c(c1)Oc1ccc(-c3ccc(-c4cc5ccccc5c5ccccc45)cc3)c3cccc-2c13. The predicted molar refractivity (Wildman–Crippen MR) is 155 cm³/mol. The molecule has 0 radical (unpaired) electrons. The second-order valence-electron chi connectivity index (χ2n) is 9.71. The minimum Gasteiger partial charge on any atom is -0.456 e. The molecule has 1 heteroatoms. The Kier molecular flexibility index (Phi) is 4.29. The fraction of sp³-hybridized carbons (Fsp3) is 0. The van der Waals surface area contributed by atoms with Crippen LogP contribution in [0.2, 0.25) is 0 Å². The Hall–Kier alpha value is -4.88. The monoisotopic (exact) mass is 470 g/mol. The van der Waals surface area contributed by atoms with Crippen LogP contribution < -0.4 is 4.74 Å². The van der Waals surface area contributed by atoms with Crippen LogP contribution in [-0.4, -0.2) is 0 Å². The molecule has 0 unspecified atom stereocenters. The lowest BCUT2D eigenvalue weighted by molar-refractivity contribution is 0.487. The molecule has 0 spiro atoms. The van der Waals surface area contributed by atoms with E-state index in [4.69, 9.17) is 4.74 Å². The molecule has 0 bridgehead atoms. The van der Waals surface area contributed by atoms with Crippen molar-refractivity contribution in [3.8, 4) is 44.9 Å². The average molecular weight is 471 g/mol. The van der Waals surface area contributed by atoms with Gasteiger partial charge in [0.1, 0.15) is 11.5 Å². The number of hydrogen-bond acceptors (Lipinski definition) is 1. The number of rotatable bonds is 2. The molecular weight excluding hydrogens is 448 g/mol. The normalized spacial score (nSPS) is 12.0. The maximum atomic E-state index is 6.29.